The standard InChI is InChI=1S/C22H47O3P/c1-4-7-9-10-11-12-13-14-15-16-17-18-20-24-26(23)25-21-22(6-3)19-8-5-2/h22,26H,4-21H2,1-3H3. The molecule has 0 aliphatic carbocycles. The van der Waals surface area contributed by atoms with Crippen LogP contribution in [0.4, 0.5) is 0 Å². The molecule has 2 unspecified atom stereocenters. The minimum Gasteiger partial charge on any atom is -0.311 e. The van der Waals surface area contributed by atoms with Gasteiger partial charge < -0.3 is 9.05 Å². The summed E-state index contributed by atoms with van der Waals surface area (Å²) in [4.78, 5) is 0. The SMILES string of the molecule is CCCCCCCCCCCCCCO[PH](=O)OCC(CC)CCCC. The van der Waals surface area contributed by atoms with Crippen molar-refractivity contribution in [2.45, 2.75) is 124 Å². The lowest BCUT2D eigenvalue weighted by Gasteiger charge is -2.14. The van der Waals surface area contributed by atoms with E-state index in [4.69, 9.17) is 9.05 Å². The molecule has 0 radical (unpaired) electrons. The normalized spacial score (nSPS) is 13.8. The molecule has 0 aliphatic rings. The van der Waals surface area contributed by atoms with Crippen LogP contribution in [0.15, 0.2) is 0 Å². The van der Waals surface area contributed by atoms with Gasteiger partial charge in [0, 0.05) is 0 Å². The van der Waals surface area contributed by atoms with Crippen LogP contribution in [0.2, 0.25) is 0 Å². The van der Waals surface area contributed by atoms with Crippen molar-refractivity contribution in [1.29, 1.82) is 0 Å². The Hall–Kier alpha value is 0.150. The summed E-state index contributed by atoms with van der Waals surface area (Å²) in [5.41, 5.74) is 0. The van der Waals surface area contributed by atoms with Crippen molar-refractivity contribution in [2.75, 3.05) is 13.2 Å². The molecule has 0 fully saturated rings. The molecule has 0 amide bonds. The van der Waals surface area contributed by atoms with Gasteiger partial charge in [-0.05, 0) is 18.8 Å². The summed E-state index contributed by atoms with van der Waals surface area (Å²) in [5, 5.41) is 0. The zero-order valence-corrected chi connectivity index (χ0v) is 19.0. The Balaban J connectivity index is 3.30. The van der Waals surface area contributed by atoms with Crippen LogP contribution in [-0.4, -0.2) is 13.2 Å². The van der Waals surface area contributed by atoms with Crippen LogP contribution in [-0.2, 0) is 13.6 Å². The number of rotatable bonds is 21. The average Bonchev–Trinajstić information content (AvgIpc) is 2.65. The number of unbranched alkanes of at least 4 members (excludes halogenated alkanes) is 12. The zero-order chi connectivity index (χ0) is 19.3. The second-order valence-electron chi connectivity index (χ2n) is 7.72. The molecule has 0 aromatic heterocycles. The van der Waals surface area contributed by atoms with Crippen LogP contribution in [0.5, 0.6) is 0 Å². The Morgan fingerprint density at radius 3 is 1.65 bits per heavy atom. The first-order valence-corrected chi connectivity index (χ1v) is 12.8. The van der Waals surface area contributed by atoms with E-state index in [1.165, 1.54) is 89.9 Å². The lowest BCUT2D eigenvalue weighted by Crippen LogP contribution is -2.06. The van der Waals surface area contributed by atoms with Crippen molar-refractivity contribution in [3.8, 4) is 0 Å². The van der Waals surface area contributed by atoms with Gasteiger partial charge in [-0.25, -0.2) is 0 Å². The van der Waals surface area contributed by atoms with Crippen LogP contribution in [0.3, 0.4) is 0 Å². The third-order valence-corrected chi connectivity index (χ3v) is 6.04. The Morgan fingerprint density at radius 1 is 0.654 bits per heavy atom. The molecule has 0 saturated heterocycles. The molecule has 3 nitrogen and oxygen atoms in total. The molecule has 2 atom stereocenters. The van der Waals surface area contributed by atoms with Crippen molar-refractivity contribution in [3.63, 3.8) is 0 Å². The highest BCUT2D eigenvalue weighted by atomic mass is 31.1. The topological polar surface area (TPSA) is 35.5 Å². The smallest absolute Gasteiger partial charge is 0.311 e. The highest BCUT2D eigenvalue weighted by Crippen LogP contribution is 2.27. The van der Waals surface area contributed by atoms with E-state index in [0.717, 1.165) is 12.8 Å². The van der Waals surface area contributed by atoms with E-state index in [0.29, 0.717) is 19.1 Å². The summed E-state index contributed by atoms with van der Waals surface area (Å²) in [6.45, 7) is 7.82. The maximum Gasteiger partial charge on any atom is 0.319 e. The predicted octanol–water partition coefficient (Wildman–Crippen LogP) is 8.33. The molecular formula is C22H47O3P. The second-order valence-corrected chi connectivity index (χ2v) is 8.79. The Morgan fingerprint density at radius 2 is 1.15 bits per heavy atom. The summed E-state index contributed by atoms with van der Waals surface area (Å²) in [7, 11) is -2.28. The lowest BCUT2D eigenvalue weighted by molar-refractivity contribution is 0.187. The molecule has 0 heterocycles. The number of hydrogen-bond acceptors (Lipinski definition) is 3. The van der Waals surface area contributed by atoms with Crippen molar-refractivity contribution in [1.82, 2.24) is 0 Å². The Labute approximate surface area is 165 Å². The largest absolute Gasteiger partial charge is 0.319 e. The van der Waals surface area contributed by atoms with Crippen LogP contribution in [0, 0.1) is 5.92 Å². The third-order valence-electron chi connectivity index (χ3n) is 5.20. The molecule has 0 rings (SSSR count). The summed E-state index contributed by atoms with van der Waals surface area (Å²) in [6, 6.07) is 0. The number of hydrogen-bond donors (Lipinski definition) is 0. The van der Waals surface area contributed by atoms with E-state index in [-0.39, 0.29) is 0 Å². The summed E-state index contributed by atoms with van der Waals surface area (Å²) in [6.07, 6.45) is 20.6. The van der Waals surface area contributed by atoms with Crippen molar-refractivity contribution in [2.24, 2.45) is 5.92 Å². The van der Waals surface area contributed by atoms with Crippen LogP contribution in [0.1, 0.15) is 124 Å². The van der Waals surface area contributed by atoms with Gasteiger partial charge in [0.1, 0.15) is 0 Å². The van der Waals surface area contributed by atoms with E-state index in [9.17, 15) is 4.57 Å². The fourth-order valence-electron chi connectivity index (χ4n) is 3.22. The van der Waals surface area contributed by atoms with Gasteiger partial charge in [-0.1, -0.05) is 111 Å². The maximum atomic E-state index is 11.8. The molecule has 158 valence electrons. The Bertz CT molecular complexity index is 297. The van der Waals surface area contributed by atoms with Crippen molar-refractivity contribution in [3.05, 3.63) is 0 Å². The van der Waals surface area contributed by atoms with E-state index >= 15 is 0 Å². The predicted molar refractivity (Wildman–Crippen MR) is 115 cm³/mol. The van der Waals surface area contributed by atoms with Gasteiger partial charge in [0.25, 0.3) is 0 Å². The monoisotopic (exact) mass is 390 g/mol. The molecule has 0 spiro atoms. The highest BCUT2D eigenvalue weighted by molar-refractivity contribution is 7.33. The molecule has 0 aromatic rings. The molecular weight excluding hydrogens is 343 g/mol. The summed E-state index contributed by atoms with van der Waals surface area (Å²) < 4.78 is 22.6. The van der Waals surface area contributed by atoms with E-state index in [1.54, 1.807) is 0 Å². The molecule has 0 bridgehead atoms. The third kappa shape index (κ3) is 18.9. The first-order valence-electron chi connectivity index (χ1n) is 11.5. The molecule has 0 aromatic carbocycles. The molecule has 4 heteroatoms. The van der Waals surface area contributed by atoms with Gasteiger partial charge >= 0.3 is 8.25 Å². The first kappa shape index (κ1) is 26.1. The molecule has 0 aliphatic heterocycles. The van der Waals surface area contributed by atoms with Crippen LogP contribution < -0.4 is 0 Å². The minimum atomic E-state index is -2.28. The van der Waals surface area contributed by atoms with Crippen molar-refractivity contribution >= 4 is 8.25 Å². The second kappa shape index (κ2) is 21.5. The fourth-order valence-corrected chi connectivity index (χ4v) is 3.99. The van der Waals surface area contributed by atoms with Gasteiger partial charge in [0.05, 0.1) is 13.2 Å². The molecule has 26 heavy (non-hydrogen) atoms. The van der Waals surface area contributed by atoms with Gasteiger partial charge in [-0.15, -0.1) is 0 Å². The average molecular weight is 391 g/mol. The van der Waals surface area contributed by atoms with E-state index in [2.05, 4.69) is 20.8 Å². The van der Waals surface area contributed by atoms with Gasteiger partial charge in [-0.3, -0.25) is 4.57 Å². The zero-order valence-electron chi connectivity index (χ0n) is 18.0. The van der Waals surface area contributed by atoms with E-state index in [1.807, 2.05) is 0 Å². The fraction of sp³-hybridized carbons (Fsp3) is 1.00. The molecule has 0 N–H and O–H groups in total. The maximum absolute atomic E-state index is 11.8. The minimum absolute atomic E-state index is 0.527. The van der Waals surface area contributed by atoms with Crippen LogP contribution >= 0.6 is 8.25 Å². The summed E-state index contributed by atoms with van der Waals surface area (Å²) in [5.74, 6) is 0.527. The Kier molecular flexibility index (Phi) is 21.6. The van der Waals surface area contributed by atoms with Crippen molar-refractivity contribution < 1.29 is 13.6 Å². The molecule has 0 saturated carbocycles. The van der Waals surface area contributed by atoms with Gasteiger partial charge in [0.2, 0.25) is 0 Å². The highest BCUT2D eigenvalue weighted by Gasteiger charge is 2.08. The quantitative estimate of drug-likeness (QED) is 0.146. The lowest BCUT2D eigenvalue weighted by atomic mass is 10.0. The van der Waals surface area contributed by atoms with Gasteiger partial charge in [0.15, 0.2) is 0 Å². The van der Waals surface area contributed by atoms with Gasteiger partial charge in [-0.2, -0.15) is 0 Å². The summed E-state index contributed by atoms with van der Waals surface area (Å²) >= 11 is 0. The van der Waals surface area contributed by atoms with E-state index < -0.39 is 8.25 Å². The van der Waals surface area contributed by atoms with Crippen LogP contribution in [0.25, 0.3) is 0 Å². The first-order chi connectivity index (χ1) is 12.7.